The zero-order chi connectivity index (χ0) is 15.9. The van der Waals surface area contributed by atoms with Crippen molar-refractivity contribution in [2.45, 2.75) is 32.8 Å². The summed E-state index contributed by atoms with van der Waals surface area (Å²) in [5.41, 5.74) is 5.45. The van der Waals surface area contributed by atoms with Gasteiger partial charge in [0.15, 0.2) is 0 Å². The number of carbonyl (C=O) groups excluding carboxylic acids is 1. The van der Waals surface area contributed by atoms with Crippen molar-refractivity contribution in [1.29, 1.82) is 0 Å². The lowest BCUT2D eigenvalue weighted by atomic mass is 10.2. The van der Waals surface area contributed by atoms with Gasteiger partial charge in [-0.25, -0.2) is 9.52 Å². The summed E-state index contributed by atoms with van der Waals surface area (Å²) in [5, 5.41) is 0. The van der Waals surface area contributed by atoms with Crippen LogP contribution in [0, 0.1) is 0 Å². The van der Waals surface area contributed by atoms with Gasteiger partial charge in [0.2, 0.25) is 0 Å². The summed E-state index contributed by atoms with van der Waals surface area (Å²) in [4.78, 5) is 13.6. The lowest BCUT2D eigenvalue weighted by Crippen LogP contribution is -2.53. The van der Waals surface area contributed by atoms with Gasteiger partial charge in [0, 0.05) is 26.2 Å². The Balaban J connectivity index is 2.39. The topological polar surface area (TPSA) is 105 Å². The van der Waals surface area contributed by atoms with E-state index in [1.54, 1.807) is 13.8 Å². The van der Waals surface area contributed by atoms with Crippen molar-refractivity contribution in [2.75, 3.05) is 39.3 Å². The maximum Gasteiger partial charge on any atom is 0.422 e. The van der Waals surface area contributed by atoms with E-state index in [2.05, 4.69) is 4.90 Å². The minimum atomic E-state index is -3.81. The number of nitrogens with two attached hydrogens (primary N) is 1. The standard InChI is InChI=1S/C12H26N4O4S/c1-11(2)20-12(17)14-21(18,19)16-9-7-15(8-10-16)6-4-3-5-13/h11H,3-10,13H2,1-2H3,(H,14,17). The molecule has 0 atom stereocenters. The fourth-order valence-corrected chi connectivity index (χ4v) is 3.11. The number of nitrogens with one attached hydrogen (secondary N) is 1. The van der Waals surface area contributed by atoms with Gasteiger partial charge in [0.05, 0.1) is 6.10 Å². The Bertz CT molecular complexity index is 419. The van der Waals surface area contributed by atoms with Gasteiger partial charge in [0.1, 0.15) is 0 Å². The molecule has 1 heterocycles. The van der Waals surface area contributed by atoms with Gasteiger partial charge >= 0.3 is 16.3 Å². The number of hydrogen-bond donors (Lipinski definition) is 2. The van der Waals surface area contributed by atoms with E-state index in [1.165, 1.54) is 4.31 Å². The van der Waals surface area contributed by atoms with Crippen LogP contribution in [0.1, 0.15) is 26.7 Å². The van der Waals surface area contributed by atoms with E-state index in [9.17, 15) is 13.2 Å². The second-order valence-electron chi connectivity index (χ2n) is 5.30. The Morgan fingerprint density at radius 1 is 1.24 bits per heavy atom. The molecule has 3 N–H and O–H groups in total. The molecule has 0 spiro atoms. The minimum Gasteiger partial charge on any atom is -0.446 e. The Morgan fingerprint density at radius 3 is 2.38 bits per heavy atom. The van der Waals surface area contributed by atoms with Crippen molar-refractivity contribution >= 4 is 16.3 Å². The number of piperazine rings is 1. The highest BCUT2D eigenvalue weighted by atomic mass is 32.2. The van der Waals surface area contributed by atoms with Crippen LogP contribution in [0.3, 0.4) is 0 Å². The average molecular weight is 322 g/mol. The van der Waals surface area contributed by atoms with Crippen molar-refractivity contribution in [1.82, 2.24) is 13.9 Å². The predicted octanol–water partition coefficient (Wildman–Crippen LogP) is -0.278. The molecular formula is C12H26N4O4S. The number of carbonyl (C=O) groups is 1. The highest BCUT2D eigenvalue weighted by molar-refractivity contribution is 7.87. The first-order chi connectivity index (χ1) is 9.85. The van der Waals surface area contributed by atoms with Crippen molar-refractivity contribution < 1.29 is 17.9 Å². The summed E-state index contributed by atoms with van der Waals surface area (Å²) in [6.45, 7) is 6.97. The lowest BCUT2D eigenvalue weighted by Gasteiger charge is -2.33. The molecule has 0 unspecified atom stereocenters. The summed E-state index contributed by atoms with van der Waals surface area (Å²) in [6, 6.07) is 0. The summed E-state index contributed by atoms with van der Waals surface area (Å²) >= 11 is 0. The number of ether oxygens (including phenoxy) is 1. The lowest BCUT2D eigenvalue weighted by molar-refractivity contribution is 0.120. The molecule has 0 bridgehead atoms. The maximum atomic E-state index is 12.0. The molecule has 9 heteroatoms. The Labute approximate surface area is 126 Å². The SMILES string of the molecule is CC(C)OC(=O)NS(=O)(=O)N1CCN(CCCCN)CC1. The average Bonchev–Trinajstić information content (AvgIpc) is 2.38. The predicted molar refractivity (Wildman–Crippen MR) is 80.0 cm³/mol. The summed E-state index contributed by atoms with van der Waals surface area (Å²) < 4.78 is 32.0. The monoisotopic (exact) mass is 322 g/mol. The smallest absolute Gasteiger partial charge is 0.422 e. The number of rotatable bonds is 7. The molecule has 21 heavy (non-hydrogen) atoms. The second kappa shape index (κ2) is 8.52. The number of amides is 1. The zero-order valence-electron chi connectivity index (χ0n) is 12.7. The van der Waals surface area contributed by atoms with E-state index >= 15 is 0 Å². The van der Waals surface area contributed by atoms with Crippen LogP contribution in [-0.2, 0) is 14.9 Å². The highest BCUT2D eigenvalue weighted by Crippen LogP contribution is 2.07. The van der Waals surface area contributed by atoms with Crippen molar-refractivity contribution in [3.8, 4) is 0 Å². The maximum absolute atomic E-state index is 12.0. The van der Waals surface area contributed by atoms with E-state index in [0.29, 0.717) is 32.7 Å². The molecule has 1 amide bonds. The second-order valence-corrected chi connectivity index (χ2v) is 6.97. The largest absolute Gasteiger partial charge is 0.446 e. The van der Waals surface area contributed by atoms with Crippen LogP contribution in [0.5, 0.6) is 0 Å². The molecule has 1 fully saturated rings. The molecule has 124 valence electrons. The zero-order valence-corrected chi connectivity index (χ0v) is 13.6. The molecule has 0 aromatic carbocycles. The molecule has 1 saturated heterocycles. The fourth-order valence-electron chi connectivity index (χ4n) is 2.08. The first-order valence-electron chi connectivity index (χ1n) is 7.26. The van der Waals surface area contributed by atoms with Crippen molar-refractivity contribution in [3.63, 3.8) is 0 Å². The van der Waals surface area contributed by atoms with Gasteiger partial charge < -0.3 is 15.4 Å². The van der Waals surface area contributed by atoms with E-state index in [1.807, 2.05) is 4.72 Å². The van der Waals surface area contributed by atoms with E-state index in [-0.39, 0.29) is 6.10 Å². The van der Waals surface area contributed by atoms with Gasteiger partial charge in [-0.3, -0.25) is 0 Å². The van der Waals surface area contributed by atoms with Gasteiger partial charge in [-0.2, -0.15) is 12.7 Å². The molecule has 1 rings (SSSR count). The fraction of sp³-hybridized carbons (Fsp3) is 0.917. The number of nitrogens with zero attached hydrogens (tertiary/aromatic N) is 2. The number of unbranched alkanes of at least 4 members (excludes halogenated alkanes) is 1. The van der Waals surface area contributed by atoms with Crippen molar-refractivity contribution in [3.05, 3.63) is 0 Å². The Hall–Kier alpha value is -0.900. The van der Waals surface area contributed by atoms with Crippen LogP contribution in [0.25, 0.3) is 0 Å². The molecule has 1 aliphatic rings. The Kier molecular flexibility index (Phi) is 7.36. The van der Waals surface area contributed by atoms with Gasteiger partial charge in [-0.1, -0.05) is 0 Å². The quantitative estimate of drug-likeness (QED) is 0.625. The Morgan fingerprint density at radius 2 is 1.86 bits per heavy atom. The van der Waals surface area contributed by atoms with E-state index in [4.69, 9.17) is 10.5 Å². The highest BCUT2D eigenvalue weighted by Gasteiger charge is 2.28. The molecule has 0 aromatic heterocycles. The van der Waals surface area contributed by atoms with Crippen LogP contribution in [0.15, 0.2) is 0 Å². The van der Waals surface area contributed by atoms with Gasteiger partial charge in [-0.05, 0) is 39.8 Å². The minimum absolute atomic E-state index is 0.361. The molecule has 0 saturated carbocycles. The molecule has 8 nitrogen and oxygen atoms in total. The summed E-state index contributed by atoms with van der Waals surface area (Å²) in [6.07, 6.45) is 0.693. The van der Waals surface area contributed by atoms with Crippen LogP contribution < -0.4 is 10.5 Å². The van der Waals surface area contributed by atoms with Crippen LogP contribution in [-0.4, -0.2) is 69.1 Å². The third kappa shape index (κ3) is 6.60. The normalized spacial score (nSPS) is 17.9. The first kappa shape index (κ1) is 18.1. The van der Waals surface area contributed by atoms with E-state index in [0.717, 1.165) is 19.4 Å². The summed E-state index contributed by atoms with van der Waals surface area (Å²) in [7, 11) is -3.81. The summed E-state index contributed by atoms with van der Waals surface area (Å²) in [5.74, 6) is 0. The van der Waals surface area contributed by atoms with Gasteiger partial charge in [-0.15, -0.1) is 0 Å². The van der Waals surface area contributed by atoms with Crippen molar-refractivity contribution in [2.24, 2.45) is 5.73 Å². The molecule has 0 aromatic rings. The third-order valence-electron chi connectivity index (χ3n) is 3.15. The molecule has 0 radical (unpaired) electrons. The van der Waals surface area contributed by atoms with Crippen LogP contribution in [0.2, 0.25) is 0 Å². The molecule has 0 aliphatic carbocycles. The molecule has 1 aliphatic heterocycles. The molecular weight excluding hydrogens is 296 g/mol. The number of hydrogen-bond acceptors (Lipinski definition) is 6. The van der Waals surface area contributed by atoms with Gasteiger partial charge in [0.25, 0.3) is 0 Å². The first-order valence-corrected chi connectivity index (χ1v) is 8.70. The third-order valence-corrected chi connectivity index (χ3v) is 4.62. The van der Waals surface area contributed by atoms with E-state index < -0.39 is 16.3 Å². The van der Waals surface area contributed by atoms with Crippen LogP contribution >= 0.6 is 0 Å². The van der Waals surface area contributed by atoms with Crippen LogP contribution in [0.4, 0.5) is 4.79 Å².